The van der Waals surface area contributed by atoms with Crippen LogP contribution in [0, 0.1) is 52.3 Å². The van der Waals surface area contributed by atoms with Crippen LogP contribution in [0.3, 0.4) is 0 Å². The summed E-state index contributed by atoms with van der Waals surface area (Å²) in [6, 6.07) is 0.374. The van der Waals surface area contributed by atoms with Gasteiger partial charge in [-0.2, -0.15) is 13.1 Å². The Labute approximate surface area is 267 Å². The van der Waals surface area contributed by atoms with Crippen molar-refractivity contribution in [3.63, 3.8) is 0 Å². The molecular weight excluding hydrogens is 550 g/mol. The third kappa shape index (κ3) is 7.09. The second-order valence-electron chi connectivity index (χ2n) is 17.5. The van der Waals surface area contributed by atoms with E-state index in [9.17, 15) is 8.42 Å². The molecule has 0 aromatic carbocycles. The Bertz CT molecular complexity index is 1010. The van der Waals surface area contributed by atoms with Gasteiger partial charge in [0.25, 0.3) is 0 Å². The van der Waals surface area contributed by atoms with Crippen LogP contribution in [0.4, 0.5) is 0 Å². The molecule has 4 nitrogen and oxygen atoms in total. The quantitative estimate of drug-likeness (QED) is 0.135. The maximum atomic E-state index is 13.2. The van der Waals surface area contributed by atoms with E-state index in [0.29, 0.717) is 21.5 Å². The SMILES string of the molecule is CCCCCCCCS(=O)(=O)O[N+]1([C@@H]2CC[C@@]3(C)C(CC[C@H]4[C@@H]5CC[C@H]([C@H](C)CCCC(C)C)[C@@]5(C)CC[C@@H]43)C2)CCC1. The van der Waals surface area contributed by atoms with Crippen molar-refractivity contribution in [3.8, 4) is 0 Å². The molecule has 0 amide bonds. The van der Waals surface area contributed by atoms with E-state index in [2.05, 4.69) is 41.5 Å². The number of hydrogen-bond acceptors (Lipinski definition) is 3. The predicted octanol–water partition coefficient (Wildman–Crippen LogP) is 10.3. The van der Waals surface area contributed by atoms with Gasteiger partial charge in [-0.15, -0.1) is 0 Å². The molecule has 5 aliphatic rings. The minimum Gasteiger partial charge on any atom is -0.194 e. The number of quaternary nitrogens is 1. The normalized spacial score (nSPS) is 39.5. The molecule has 0 spiro atoms. The van der Waals surface area contributed by atoms with Crippen LogP contribution in [0.5, 0.6) is 0 Å². The molecule has 43 heavy (non-hydrogen) atoms. The zero-order chi connectivity index (χ0) is 30.9. The van der Waals surface area contributed by atoms with Crippen LogP contribution in [0.25, 0.3) is 0 Å². The Morgan fingerprint density at radius 3 is 2.19 bits per heavy atom. The van der Waals surface area contributed by atoms with E-state index in [-0.39, 0.29) is 5.75 Å². The first-order chi connectivity index (χ1) is 20.4. The van der Waals surface area contributed by atoms with Crippen LogP contribution in [-0.4, -0.2) is 37.9 Å². The lowest BCUT2D eigenvalue weighted by atomic mass is 9.44. The maximum Gasteiger partial charge on any atom is 0.314 e. The number of unbranched alkanes of at least 4 members (excludes halogenated alkanes) is 5. The summed E-state index contributed by atoms with van der Waals surface area (Å²) >= 11 is 0. The fraction of sp³-hybridized carbons (Fsp3) is 1.00. The zero-order valence-electron chi connectivity index (χ0n) is 29.3. The lowest BCUT2D eigenvalue weighted by Crippen LogP contribution is -2.66. The van der Waals surface area contributed by atoms with Crippen molar-refractivity contribution in [1.29, 1.82) is 0 Å². The van der Waals surface area contributed by atoms with Crippen LogP contribution in [0.1, 0.15) is 164 Å². The lowest BCUT2D eigenvalue weighted by molar-refractivity contribution is -1.13. The van der Waals surface area contributed by atoms with Gasteiger partial charge in [0.05, 0.1) is 12.2 Å². The van der Waals surface area contributed by atoms with Gasteiger partial charge in [-0.05, 0) is 104 Å². The molecule has 1 aliphatic heterocycles. The maximum absolute atomic E-state index is 13.2. The van der Waals surface area contributed by atoms with Crippen molar-refractivity contribution >= 4 is 10.1 Å². The third-order valence-electron chi connectivity index (χ3n) is 14.6. The standard InChI is InChI=1S/C38H70NO3S/c1-7-8-9-10-11-12-27-43(40,41)42-39(25-14-26-39)32-21-23-37(5)31(28-32)17-18-33-35-20-19-34(30(4)16-13-15-29(2)3)38(35,6)24-22-36(33)37/h29-36H,7-28H2,1-6H3/q+1/t30-,31?,32-,33+,34-,35+,36+,37+,38-/m1/s1. The van der Waals surface area contributed by atoms with Crippen LogP contribution >= 0.6 is 0 Å². The Morgan fingerprint density at radius 2 is 1.49 bits per heavy atom. The Balaban J connectivity index is 1.18. The molecule has 1 saturated heterocycles. The van der Waals surface area contributed by atoms with E-state index in [1.807, 2.05) is 0 Å². The summed E-state index contributed by atoms with van der Waals surface area (Å²) in [7, 11) is -3.47. The molecular formula is C38H70NO3S+. The fourth-order valence-electron chi connectivity index (χ4n) is 12.0. The summed E-state index contributed by atoms with van der Waals surface area (Å²) in [4.78, 5) is 0. The average Bonchev–Trinajstić information content (AvgIpc) is 3.29. The number of likely N-dealkylation sites (tertiary alicyclic amines) is 1. The second-order valence-corrected chi connectivity index (χ2v) is 19.1. The summed E-state index contributed by atoms with van der Waals surface area (Å²) < 4.78 is 33.0. The Morgan fingerprint density at radius 1 is 0.791 bits per heavy atom. The minimum atomic E-state index is -3.47. The fourth-order valence-corrected chi connectivity index (χ4v) is 13.3. The van der Waals surface area contributed by atoms with Gasteiger partial charge in [0, 0.05) is 12.8 Å². The van der Waals surface area contributed by atoms with Gasteiger partial charge in [-0.1, -0.05) is 97.2 Å². The van der Waals surface area contributed by atoms with Crippen LogP contribution in [0.2, 0.25) is 0 Å². The van der Waals surface area contributed by atoms with Gasteiger partial charge in [0.2, 0.25) is 0 Å². The highest BCUT2D eigenvalue weighted by Gasteiger charge is 2.62. The predicted molar refractivity (Wildman–Crippen MR) is 180 cm³/mol. The van der Waals surface area contributed by atoms with Crippen molar-refractivity contribution < 1.29 is 17.3 Å². The van der Waals surface area contributed by atoms with E-state index in [1.165, 1.54) is 89.9 Å². The van der Waals surface area contributed by atoms with Gasteiger partial charge >= 0.3 is 10.1 Å². The van der Waals surface area contributed by atoms with Gasteiger partial charge in [-0.25, -0.2) is 0 Å². The van der Waals surface area contributed by atoms with Crippen LogP contribution < -0.4 is 0 Å². The molecule has 5 fully saturated rings. The molecule has 0 aromatic rings. The number of hydrogen-bond donors (Lipinski definition) is 0. The Kier molecular flexibility index (Phi) is 11.1. The van der Waals surface area contributed by atoms with Crippen molar-refractivity contribution in [2.24, 2.45) is 52.3 Å². The molecule has 1 heterocycles. The first kappa shape index (κ1) is 34.2. The second kappa shape index (κ2) is 13.9. The monoisotopic (exact) mass is 621 g/mol. The molecule has 4 aliphatic carbocycles. The zero-order valence-corrected chi connectivity index (χ0v) is 30.1. The lowest BCUT2D eigenvalue weighted by Gasteiger charge is -2.62. The third-order valence-corrected chi connectivity index (χ3v) is 15.9. The van der Waals surface area contributed by atoms with Crippen molar-refractivity contribution in [2.45, 2.75) is 170 Å². The van der Waals surface area contributed by atoms with E-state index in [4.69, 9.17) is 4.28 Å². The summed E-state index contributed by atoms with van der Waals surface area (Å²) in [6.45, 7) is 16.7. The summed E-state index contributed by atoms with van der Waals surface area (Å²) in [6.07, 6.45) is 24.2. The number of fused-ring (bicyclic) bond motifs is 5. The molecule has 0 aromatic heterocycles. The van der Waals surface area contributed by atoms with E-state index >= 15 is 0 Å². The van der Waals surface area contributed by atoms with Gasteiger partial charge < -0.3 is 0 Å². The molecule has 0 radical (unpaired) electrons. The van der Waals surface area contributed by atoms with E-state index < -0.39 is 10.1 Å². The van der Waals surface area contributed by atoms with E-state index in [1.54, 1.807) is 0 Å². The first-order valence-corrected chi connectivity index (χ1v) is 20.8. The molecule has 5 heteroatoms. The largest absolute Gasteiger partial charge is 0.314 e. The molecule has 1 unspecified atom stereocenters. The molecule has 0 bridgehead atoms. The topological polar surface area (TPSA) is 43.4 Å². The number of hydroxylamine groups is 3. The molecule has 250 valence electrons. The van der Waals surface area contributed by atoms with Crippen LogP contribution in [-0.2, 0) is 14.4 Å². The molecule has 0 N–H and O–H groups in total. The number of nitrogens with zero attached hydrogens (tertiary/aromatic N) is 1. The highest BCUT2D eigenvalue weighted by atomic mass is 32.2. The van der Waals surface area contributed by atoms with Crippen molar-refractivity contribution in [2.75, 3.05) is 18.8 Å². The summed E-state index contributed by atoms with van der Waals surface area (Å²) in [5.74, 6) is 6.31. The average molecular weight is 621 g/mol. The van der Waals surface area contributed by atoms with Gasteiger partial charge in [0.1, 0.15) is 19.1 Å². The number of rotatable bonds is 15. The summed E-state index contributed by atoms with van der Waals surface area (Å²) in [5.41, 5.74) is 0.998. The smallest absolute Gasteiger partial charge is 0.194 e. The van der Waals surface area contributed by atoms with Crippen molar-refractivity contribution in [1.82, 2.24) is 0 Å². The molecule has 5 rings (SSSR count). The van der Waals surface area contributed by atoms with Crippen molar-refractivity contribution in [3.05, 3.63) is 0 Å². The summed E-state index contributed by atoms with van der Waals surface area (Å²) in [5, 5.41) is 0. The van der Waals surface area contributed by atoms with E-state index in [0.717, 1.165) is 86.6 Å². The Hall–Kier alpha value is -0.130. The first-order valence-electron chi connectivity index (χ1n) is 19.2. The van der Waals surface area contributed by atoms with Gasteiger partial charge in [-0.3, -0.25) is 0 Å². The minimum absolute atomic E-state index is 0.203. The molecule has 9 atom stereocenters. The van der Waals surface area contributed by atoms with Crippen LogP contribution in [0.15, 0.2) is 0 Å². The highest BCUT2D eigenvalue weighted by Crippen LogP contribution is 2.68. The molecule has 4 saturated carbocycles. The van der Waals surface area contributed by atoms with Gasteiger partial charge in [0.15, 0.2) is 0 Å². The highest BCUT2D eigenvalue weighted by molar-refractivity contribution is 7.86.